The predicted octanol–water partition coefficient (Wildman–Crippen LogP) is 3.71. The van der Waals surface area contributed by atoms with E-state index in [9.17, 15) is 0 Å². The third-order valence-corrected chi connectivity index (χ3v) is 3.90. The molecule has 0 aliphatic heterocycles. The molecule has 4 nitrogen and oxygen atoms in total. The first-order valence-electron chi connectivity index (χ1n) is 7.95. The van der Waals surface area contributed by atoms with E-state index in [4.69, 9.17) is 0 Å². The van der Waals surface area contributed by atoms with Gasteiger partial charge >= 0.3 is 0 Å². The molecule has 3 rings (SSSR count). The van der Waals surface area contributed by atoms with Crippen LogP contribution in [0.5, 0.6) is 0 Å². The van der Waals surface area contributed by atoms with E-state index >= 15 is 0 Å². The zero-order valence-electron chi connectivity index (χ0n) is 13.7. The van der Waals surface area contributed by atoms with Gasteiger partial charge in [0.05, 0.1) is 0 Å². The van der Waals surface area contributed by atoms with Crippen molar-refractivity contribution < 1.29 is 0 Å². The van der Waals surface area contributed by atoms with Gasteiger partial charge in [-0.15, -0.1) is 0 Å². The van der Waals surface area contributed by atoms with Crippen LogP contribution >= 0.6 is 0 Å². The van der Waals surface area contributed by atoms with E-state index in [0.717, 1.165) is 36.5 Å². The van der Waals surface area contributed by atoms with E-state index in [-0.39, 0.29) is 0 Å². The summed E-state index contributed by atoms with van der Waals surface area (Å²) in [5.41, 5.74) is 3.58. The molecule has 1 aromatic heterocycles. The monoisotopic (exact) mass is 306 g/mol. The second-order valence-electron chi connectivity index (χ2n) is 5.89. The summed E-state index contributed by atoms with van der Waals surface area (Å²) in [4.78, 5) is 6.69. The fraction of sp³-hybridized carbons (Fsp3) is 0.263. The normalized spacial score (nSPS) is 10.7. The van der Waals surface area contributed by atoms with Gasteiger partial charge in [0.25, 0.3) is 0 Å². The highest BCUT2D eigenvalue weighted by molar-refractivity contribution is 5.59. The maximum atomic E-state index is 4.61. The van der Waals surface area contributed by atoms with Crippen LogP contribution in [0.25, 0.3) is 11.4 Å². The fourth-order valence-electron chi connectivity index (χ4n) is 2.55. The SMILES string of the molecule is CN(C)c1ccc(-c2n[nH]c(CCCc3ccccc3)n2)cc1. The van der Waals surface area contributed by atoms with Gasteiger partial charge in [0.2, 0.25) is 0 Å². The largest absolute Gasteiger partial charge is 0.378 e. The Hall–Kier alpha value is -2.62. The van der Waals surface area contributed by atoms with Gasteiger partial charge in [0.15, 0.2) is 5.82 Å². The number of rotatable bonds is 6. The molecular formula is C19H22N4. The van der Waals surface area contributed by atoms with Crippen molar-refractivity contribution >= 4 is 5.69 Å². The fourth-order valence-corrected chi connectivity index (χ4v) is 2.55. The molecule has 0 saturated heterocycles. The summed E-state index contributed by atoms with van der Waals surface area (Å²) in [6.45, 7) is 0. The number of aromatic nitrogens is 3. The molecule has 0 atom stereocenters. The second kappa shape index (κ2) is 7.09. The first-order chi connectivity index (χ1) is 11.2. The van der Waals surface area contributed by atoms with Crippen molar-refractivity contribution in [2.75, 3.05) is 19.0 Å². The Morgan fingerprint density at radius 2 is 1.65 bits per heavy atom. The molecule has 0 saturated carbocycles. The quantitative estimate of drug-likeness (QED) is 0.755. The van der Waals surface area contributed by atoms with Gasteiger partial charge in [-0.25, -0.2) is 4.98 Å². The number of aryl methyl sites for hydroxylation is 2. The summed E-state index contributed by atoms with van der Waals surface area (Å²) < 4.78 is 0. The molecule has 2 aromatic carbocycles. The zero-order valence-corrected chi connectivity index (χ0v) is 13.7. The molecule has 0 aliphatic carbocycles. The van der Waals surface area contributed by atoms with Gasteiger partial charge in [-0.05, 0) is 42.7 Å². The van der Waals surface area contributed by atoms with Crippen LogP contribution < -0.4 is 4.90 Å². The minimum Gasteiger partial charge on any atom is -0.378 e. The van der Waals surface area contributed by atoms with Crippen molar-refractivity contribution in [1.82, 2.24) is 15.2 Å². The van der Waals surface area contributed by atoms with E-state index in [0.29, 0.717) is 0 Å². The third kappa shape index (κ3) is 3.97. The van der Waals surface area contributed by atoms with Crippen LogP contribution in [0.4, 0.5) is 5.69 Å². The summed E-state index contributed by atoms with van der Waals surface area (Å²) >= 11 is 0. The van der Waals surface area contributed by atoms with Crippen LogP contribution in [0.15, 0.2) is 54.6 Å². The molecule has 0 bridgehead atoms. The Kier molecular flexibility index (Phi) is 4.71. The molecule has 4 heteroatoms. The standard InChI is InChI=1S/C19H22N4/c1-23(2)17-13-11-16(12-14-17)19-20-18(21-22-19)10-6-9-15-7-4-3-5-8-15/h3-5,7-8,11-14H,6,9-10H2,1-2H3,(H,20,21,22). The highest BCUT2D eigenvalue weighted by atomic mass is 15.2. The molecule has 3 aromatic rings. The number of anilines is 1. The van der Waals surface area contributed by atoms with Crippen LogP contribution in [-0.4, -0.2) is 29.3 Å². The molecule has 0 unspecified atom stereocenters. The van der Waals surface area contributed by atoms with Gasteiger partial charge in [-0.2, -0.15) is 5.10 Å². The average molecular weight is 306 g/mol. The molecular weight excluding hydrogens is 284 g/mol. The number of hydrogen-bond donors (Lipinski definition) is 1. The number of aromatic amines is 1. The number of nitrogens with one attached hydrogen (secondary N) is 1. The van der Waals surface area contributed by atoms with Crippen LogP contribution in [-0.2, 0) is 12.8 Å². The highest BCUT2D eigenvalue weighted by Crippen LogP contribution is 2.19. The highest BCUT2D eigenvalue weighted by Gasteiger charge is 2.06. The third-order valence-electron chi connectivity index (χ3n) is 3.90. The molecule has 1 N–H and O–H groups in total. The van der Waals surface area contributed by atoms with Gasteiger partial charge in [0.1, 0.15) is 5.82 Å². The van der Waals surface area contributed by atoms with E-state index in [1.165, 1.54) is 11.3 Å². The van der Waals surface area contributed by atoms with Crippen LogP contribution in [0.1, 0.15) is 17.8 Å². The van der Waals surface area contributed by atoms with E-state index < -0.39 is 0 Å². The maximum absolute atomic E-state index is 4.61. The van der Waals surface area contributed by atoms with E-state index in [1.807, 2.05) is 20.2 Å². The van der Waals surface area contributed by atoms with Crippen molar-refractivity contribution in [2.45, 2.75) is 19.3 Å². The Morgan fingerprint density at radius 3 is 2.35 bits per heavy atom. The molecule has 0 fully saturated rings. The Morgan fingerprint density at radius 1 is 0.913 bits per heavy atom. The molecule has 23 heavy (non-hydrogen) atoms. The van der Waals surface area contributed by atoms with Crippen LogP contribution in [0, 0.1) is 0 Å². The Bertz CT molecular complexity index is 730. The van der Waals surface area contributed by atoms with Crippen LogP contribution in [0.3, 0.4) is 0 Å². The topological polar surface area (TPSA) is 44.8 Å². The van der Waals surface area contributed by atoms with Crippen molar-refractivity contribution in [1.29, 1.82) is 0 Å². The lowest BCUT2D eigenvalue weighted by atomic mass is 10.1. The molecule has 1 heterocycles. The van der Waals surface area contributed by atoms with Crippen molar-refractivity contribution in [3.63, 3.8) is 0 Å². The summed E-state index contributed by atoms with van der Waals surface area (Å²) in [5, 5.41) is 7.39. The number of benzene rings is 2. The molecule has 0 spiro atoms. The molecule has 0 radical (unpaired) electrons. The lowest BCUT2D eigenvalue weighted by Crippen LogP contribution is -2.07. The van der Waals surface area contributed by atoms with Gasteiger partial charge < -0.3 is 4.90 Å². The maximum Gasteiger partial charge on any atom is 0.181 e. The number of hydrogen-bond acceptors (Lipinski definition) is 3. The first-order valence-corrected chi connectivity index (χ1v) is 7.95. The number of H-pyrrole nitrogens is 1. The smallest absolute Gasteiger partial charge is 0.181 e. The summed E-state index contributed by atoms with van der Waals surface area (Å²) in [6.07, 6.45) is 3.05. The Balaban J connectivity index is 1.59. The molecule has 118 valence electrons. The van der Waals surface area contributed by atoms with Gasteiger partial charge in [0, 0.05) is 31.8 Å². The minimum atomic E-state index is 0.769. The summed E-state index contributed by atoms with van der Waals surface area (Å²) in [6, 6.07) is 18.8. The molecule has 0 aliphatic rings. The first kappa shape index (κ1) is 15.3. The second-order valence-corrected chi connectivity index (χ2v) is 5.89. The number of nitrogens with zero attached hydrogens (tertiary/aromatic N) is 3. The van der Waals surface area contributed by atoms with Gasteiger partial charge in [-0.3, -0.25) is 5.10 Å². The summed E-state index contributed by atoms with van der Waals surface area (Å²) in [7, 11) is 4.07. The van der Waals surface area contributed by atoms with E-state index in [2.05, 4.69) is 68.6 Å². The Labute approximate surface area is 137 Å². The molecule has 0 amide bonds. The van der Waals surface area contributed by atoms with Gasteiger partial charge in [-0.1, -0.05) is 30.3 Å². The van der Waals surface area contributed by atoms with Crippen molar-refractivity contribution in [3.8, 4) is 11.4 Å². The summed E-state index contributed by atoms with van der Waals surface area (Å²) in [5.74, 6) is 1.72. The lowest BCUT2D eigenvalue weighted by molar-refractivity contribution is 0.775. The van der Waals surface area contributed by atoms with Crippen molar-refractivity contribution in [2.24, 2.45) is 0 Å². The minimum absolute atomic E-state index is 0.769. The van der Waals surface area contributed by atoms with Crippen LogP contribution in [0.2, 0.25) is 0 Å². The van der Waals surface area contributed by atoms with Crippen molar-refractivity contribution in [3.05, 3.63) is 66.0 Å². The lowest BCUT2D eigenvalue weighted by Gasteiger charge is -2.11. The predicted molar refractivity (Wildman–Crippen MR) is 94.6 cm³/mol. The average Bonchev–Trinajstić information content (AvgIpc) is 3.05. The zero-order chi connectivity index (χ0) is 16.1. The van der Waals surface area contributed by atoms with E-state index in [1.54, 1.807) is 0 Å².